The van der Waals surface area contributed by atoms with Crippen LogP contribution in [-0.4, -0.2) is 65.2 Å². The lowest BCUT2D eigenvalue weighted by Gasteiger charge is -2.35. The number of rotatable bonds is 2. The molecule has 0 bridgehead atoms. The molecule has 148 valence electrons. The lowest BCUT2D eigenvalue weighted by Crippen LogP contribution is -2.51. The average molecular weight is 370 g/mol. The second kappa shape index (κ2) is 6.37. The molecule has 3 heterocycles. The van der Waals surface area contributed by atoms with E-state index >= 15 is 0 Å². The maximum Gasteiger partial charge on any atom is 0.189 e. The first kappa shape index (κ1) is 17.8. The first-order chi connectivity index (χ1) is 12.6. The van der Waals surface area contributed by atoms with Crippen LogP contribution in [0.15, 0.2) is 0 Å². The van der Waals surface area contributed by atoms with Crippen molar-refractivity contribution in [2.75, 3.05) is 13.2 Å². The Morgan fingerprint density at radius 2 is 1.50 bits per heavy atom. The van der Waals surface area contributed by atoms with Crippen molar-refractivity contribution in [3.05, 3.63) is 0 Å². The second-order valence-electron chi connectivity index (χ2n) is 8.62. The maximum absolute atomic E-state index is 10.6. The molecule has 2 aliphatic carbocycles. The zero-order valence-corrected chi connectivity index (χ0v) is 15.2. The molecule has 3 aliphatic heterocycles. The predicted molar refractivity (Wildman–Crippen MR) is 89.1 cm³/mol. The summed E-state index contributed by atoms with van der Waals surface area (Å²) in [5, 5.41) is 20.7. The van der Waals surface area contributed by atoms with E-state index in [0.717, 1.165) is 57.8 Å². The Labute approximate surface area is 153 Å². The van der Waals surface area contributed by atoms with Gasteiger partial charge in [-0.15, -0.1) is 0 Å². The molecule has 26 heavy (non-hydrogen) atoms. The smallest absolute Gasteiger partial charge is 0.189 e. The first-order valence-electron chi connectivity index (χ1n) is 10.2. The van der Waals surface area contributed by atoms with Crippen LogP contribution in [0.2, 0.25) is 0 Å². The number of ether oxygens (including phenoxy) is 5. The van der Waals surface area contributed by atoms with Gasteiger partial charge in [0.25, 0.3) is 0 Å². The van der Waals surface area contributed by atoms with Crippen LogP contribution in [0.1, 0.15) is 64.2 Å². The van der Waals surface area contributed by atoms with Crippen molar-refractivity contribution in [1.82, 2.24) is 0 Å². The molecule has 2 N–H and O–H groups in total. The minimum absolute atomic E-state index is 0.316. The molecule has 5 rings (SSSR count). The van der Waals surface area contributed by atoms with E-state index < -0.39 is 35.7 Å². The van der Waals surface area contributed by atoms with Crippen LogP contribution in [0.25, 0.3) is 0 Å². The van der Waals surface area contributed by atoms with Crippen molar-refractivity contribution in [3.8, 4) is 0 Å². The van der Waals surface area contributed by atoms with Gasteiger partial charge in [0, 0.05) is 25.7 Å². The van der Waals surface area contributed by atoms with Crippen molar-refractivity contribution in [2.45, 2.75) is 106 Å². The molecule has 1 unspecified atom stereocenters. The van der Waals surface area contributed by atoms with Crippen LogP contribution in [0.4, 0.5) is 0 Å². The third kappa shape index (κ3) is 2.59. The van der Waals surface area contributed by atoms with Crippen LogP contribution >= 0.6 is 0 Å². The van der Waals surface area contributed by atoms with Gasteiger partial charge >= 0.3 is 0 Å². The average Bonchev–Trinajstić information content (AvgIpc) is 3.28. The molecule has 7 nitrogen and oxygen atoms in total. The lowest BCUT2D eigenvalue weighted by atomic mass is 9.93. The molecule has 5 atom stereocenters. The number of aliphatic hydroxyl groups is 2. The predicted octanol–water partition coefficient (Wildman–Crippen LogP) is 1.59. The topological polar surface area (TPSA) is 86.6 Å². The molecule has 5 aliphatic rings. The van der Waals surface area contributed by atoms with Gasteiger partial charge in [-0.1, -0.05) is 12.8 Å². The summed E-state index contributed by atoms with van der Waals surface area (Å²) in [4.78, 5) is 0. The standard InChI is InChI=1S/C19H30O7/c20-12-19-15(25-18(26-19)9-5-2-6-10-18)14(23-16(19)21)13-11-22-17(24-13)7-3-1-4-8-17/h13-16,20-21H,1-12H2/t13-,14+,15-,16?,19-/m1/s1. The molecule has 3 saturated heterocycles. The lowest BCUT2D eigenvalue weighted by molar-refractivity contribution is -0.281. The molecule has 7 heteroatoms. The number of aliphatic hydroxyl groups excluding tert-OH is 2. The molecule has 2 saturated carbocycles. The minimum Gasteiger partial charge on any atom is -0.393 e. The van der Waals surface area contributed by atoms with E-state index in [0.29, 0.717) is 6.61 Å². The minimum atomic E-state index is -1.23. The molecule has 0 aromatic carbocycles. The molecule has 5 fully saturated rings. The Morgan fingerprint density at radius 1 is 0.846 bits per heavy atom. The third-order valence-electron chi connectivity index (χ3n) is 6.92. The Hall–Kier alpha value is -0.280. The van der Waals surface area contributed by atoms with E-state index in [2.05, 4.69) is 0 Å². The summed E-state index contributed by atoms with van der Waals surface area (Å²) in [5.74, 6) is -1.22. The fraction of sp³-hybridized carbons (Fsp3) is 1.00. The fourth-order valence-electron chi connectivity index (χ4n) is 5.52. The normalized spacial score (nSPS) is 46.8. The van der Waals surface area contributed by atoms with E-state index in [-0.39, 0.29) is 12.7 Å². The maximum atomic E-state index is 10.6. The Balaban J connectivity index is 1.37. The summed E-state index contributed by atoms with van der Waals surface area (Å²) in [7, 11) is 0. The zero-order chi connectivity index (χ0) is 17.8. The monoisotopic (exact) mass is 370 g/mol. The van der Waals surface area contributed by atoms with E-state index in [9.17, 15) is 10.2 Å². The quantitative estimate of drug-likeness (QED) is 0.763. The van der Waals surface area contributed by atoms with Crippen molar-refractivity contribution in [3.63, 3.8) is 0 Å². The van der Waals surface area contributed by atoms with Crippen LogP contribution in [0.5, 0.6) is 0 Å². The Morgan fingerprint density at radius 3 is 2.15 bits per heavy atom. The third-order valence-corrected chi connectivity index (χ3v) is 6.92. The van der Waals surface area contributed by atoms with Crippen molar-refractivity contribution < 1.29 is 33.9 Å². The Bertz CT molecular complexity index is 528. The van der Waals surface area contributed by atoms with Crippen LogP contribution in [-0.2, 0) is 23.7 Å². The van der Waals surface area contributed by atoms with Crippen molar-refractivity contribution in [2.24, 2.45) is 0 Å². The zero-order valence-electron chi connectivity index (χ0n) is 15.2. The summed E-state index contributed by atoms with van der Waals surface area (Å²) in [6.07, 6.45) is 7.43. The number of hydrogen-bond donors (Lipinski definition) is 2. The van der Waals surface area contributed by atoms with Crippen molar-refractivity contribution in [1.29, 1.82) is 0 Å². The highest BCUT2D eigenvalue weighted by atomic mass is 16.8. The van der Waals surface area contributed by atoms with Crippen molar-refractivity contribution >= 4 is 0 Å². The highest BCUT2D eigenvalue weighted by molar-refractivity contribution is 5.11. The van der Waals surface area contributed by atoms with Gasteiger partial charge in [-0.2, -0.15) is 0 Å². The van der Waals surface area contributed by atoms with Gasteiger partial charge in [0.1, 0.15) is 18.3 Å². The summed E-state index contributed by atoms with van der Waals surface area (Å²) in [5.41, 5.74) is -1.23. The summed E-state index contributed by atoms with van der Waals surface area (Å²) >= 11 is 0. The first-order valence-corrected chi connectivity index (χ1v) is 10.2. The van der Waals surface area contributed by atoms with Gasteiger partial charge in [0.05, 0.1) is 13.2 Å². The fourth-order valence-corrected chi connectivity index (χ4v) is 5.52. The molecule has 0 aromatic rings. The number of fused-ring (bicyclic) bond motifs is 1. The van der Waals surface area contributed by atoms with E-state index in [1.807, 2.05) is 0 Å². The molecule has 0 aromatic heterocycles. The Kier molecular flexibility index (Phi) is 4.36. The van der Waals surface area contributed by atoms with Gasteiger partial charge in [-0.25, -0.2) is 0 Å². The highest BCUT2D eigenvalue weighted by Gasteiger charge is 2.69. The molecule has 0 radical (unpaired) electrons. The highest BCUT2D eigenvalue weighted by Crippen LogP contribution is 2.53. The molecular formula is C19H30O7. The SMILES string of the molecule is OC[C@@]12OC3(CCCCC3)O[C@@H]1[C@H]([C@H]1COC3(CCCCC3)O1)OC2O. The second-order valence-corrected chi connectivity index (χ2v) is 8.62. The van der Waals surface area contributed by atoms with E-state index in [4.69, 9.17) is 23.7 Å². The van der Waals surface area contributed by atoms with Crippen LogP contribution < -0.4 is 0 Å². The number of hydrogen-bond acceptors (Lipinski definition) is 7. The van der Waals surface area contributed by atoms with Gasteiger partial charge in [0.15, 0.2) is 23.5 Å². The summed E-state index contributed by atoms with van der Waals surface area (Å²) in [6, 6.07) is 0. The molecule has 0 amide bonds. The largest absolute Gasteiger partial charge is 0.393 e. The van der Waals surface area contributed by atoms with E-state index in [1.165, 1.54) is 6.42 Å². The van der Waals surface area contributed by atoms with Crippen LogP contribution in [0.3, 0.4) is 0 Å². The summed E-state index contributed by atoms with van der Waals surface area (Å²) < 4.78 is 30.8. The summed E-state index contributed by atoms with van der Waals surface area (Å²) in [6.45, 7) is 0.0849. The molecular weight excluding hydrogens is 340 g/mol. The van der Waals surface area contributed by atoms with E-state index in [1.54, 1.807) is 0 Å². The molecule has 2 spiro atoms. The van der Waals surface area contributed by atoms with Gasteiger partial charge in [-0.3, -0.25) is 0 Å². The van der Waals surface area contributed by atoms with Gasteiger partial charge in [-0.05, 0) is 25.7 Å². The van der Waals surface area contributed by atoms with Gasteiger partial charge < -0.3 is 33.9 Å². The van der Waals surface area contributed by atoms with Gasteiger partial charge in [0.2, 0.25) is 0 Å². The van der Waals surface area contributed by atoms with Crippen LogP contribution in [0, 0.1) is 0 Å².